The fraction of sp³-hybridized carbons (Fsp3) is 0.324. The van der Waals surface area contributed by atoms with Crippen LogP contribution in [0.3, 0.4) is 0 Å². The van der Waals surface area contributed by atoms with Crippen LogP contribution in [0, 0.1) is 29.6 Å². The van der Waals surface area contributed by atoms with Crippen LogP contribution in [0.4, 0.5) is 18.9 Å². The van der Waals surface area contributed by atoms with Gasteiger partial charge in [0.1, 0.15) is 6.61 Å². The van der Waals surface area contributed by atoms with E-state index in [-0.39, 0.29) is 39.5 Å². The molecule has 6 unspecified atom stereocenters. The number of halogens is 3. The first kappa shape index (κ1) is 29.4. The molecule has 3 heterocycles. The Kier molecular flexibility index (Phi) is 6.88. The summed E-state index contributed by atoms with van der Waals surface area (Å²) in [5.41, 5.74) is 0.957. The van der Waals surface area contributed by atoms with Crippen LogP contribution in [0.1, 0.15) is 33.9 Å². The van der Waals surface area contributed by atoms with Gasteiger partial charge in [0.2, 0.25) is 11.8 Å². The van der Waals surface area contributed by atoms with E-state index in [0.29, 0.717) is 24.5 Å². The molecule has 12 heteroatoms. The highest BCUT2D eigenvalue weighted by Gasteiger charge is 2.69. The van der Waals surface area contributed by atoms with Crippen molar-refractivity contribution in [1.82, 2.24) is 4.98 Å². The second kappa shape index (κ2) is 10.8. The Morgan fingerprint density at radius 1 is 0.913 bits per heavy atom. The van der Waals surface area contributed by atoms with E-state index in [4.69, 9.17) is 9.47 Å². The molecule has 2 aliphatic carbocycles. The highest BCUT2D eigenvalue weighted by Crippen LogP contribution is 2.69. The second-order valence-corrected chi connectivity index (χ2v) is 14.4. The van der Waals surface area contributed by atoms with Crippen LogP contribution in [0.2, 0.25) is 0 Å². The van der Waals surface area contributed by atoms with E-state index in [9.17, 15) is 27.6 Å². The maximum atomic E-state index is 14.0. The van der Waals surface area contributed by atoms with Crippen LogP contribution in [0.25, 0.3) is 0 Å². The van der Waals surface area contributed by atoms with Crippen molar-refractivity contribution in [3.63, 3.8) is 0 Å². The van der Waals surface area contributed by atoms with Crippen molar-refractivity contribution in [2.45, 2.75) is 35.4 Å². The molecule has 236 valence electrons. The quantitative estimate of drug-likeness (QED) is 0.230. The van der Waals surface area contributed by atoms with E-state index < -0.39 is 35.4 Å². The summed E-state index contributed by atoms with van der Waals surface area (Å²) >= 11 is 2.70. The molecule has 4 aliphatic rings. The first-order valence-electron chi connectivity index (χ1n) is 14.9. The molecule has 1 aromatic heterocycles. The summed E-state index contributed by atoms with van der Waals surface area (Å²) in [5.74, 6) is -1.69. The number of thiazole rings is 1. The number of nitrogens with one attached hydrogen (secondary N) is 1. The summed E-state index contributed by atoms with van der Waals surface area (Å²) in [6, 6.07) is 19.9. The van der Waals surface area contributed by atoms with Gasteiger partial charge in [-0.15, -0.1) is 11.8 Å². The van der Waals surface area contributed by atoms with Crippen LogP contribution in [0.15, 0.2) is 82.6 Å². The molecule has 1 N–H and O–H groups in total. The molecule has 8 rings (SSSR count). The number of benzene rings is 3. The van der Waals surface area contributed by atoms with E-state index >= 15 is 0 Å². The SMILES string of the molecule is COc1cc([C@H]2c3sc(=O)[nH]c3SC3C4CC(C5C(=O)N(c6cccc(C(F)(F)F)c6)C(=O)C45)C32)ccc1OCc1ccccc1. The molecule has 2 amide bonds. The molecule has 7 atom stereocenters. The highest BCUT2D eigenvalue weighted by atomic mass is 32.2. The zero-order chi connectivity index (χ0) is 31.9. The summed E-state index contributed by atoms with van der Waals surface area (Å²) in [6.45, 7) is 0.357. The van der Waals surface area contributed by atoms with E-state index in [2.05, 4.69) is 4.98 Å². The second-order valence-electron chi connectivity index (χ2n) is 12.2. The Bertz CT molecular complexity index is 1930. The number of H-pyrrole nitrogens is 1. The van der Waals surface area contributed by atoms with Crippen molar-refractivity contribution in [2.75, 3.05) is 12.0 Å². The number of hydrogen-bond donors (Lipinski definition) is 1. The molecule has 3 fully saturated rings. The minimum Gasteiger partial charge on any atom is -0.493 e. The summed E-state index contributed by atoms with van der Waals surface area (Å²) in [4.78, 5) is 45.1. The van der Waals surface area contributed by atoms with E-state index in [0.717, 1.165) is 49.4 Å². The Morgan fingerprint density at radius 3 is 2.41 bits per heavy atom. The van der Waals surface area contributed by atoms with Crippen molar-refractivity contribution < 1.29 is 32.2 Å². The molecule has 2 bridgehead atoms. The fourth-order valence-electron chi connectivity index (χ4n) is 8.20. The lowest BCUT2D eigenvalue weighted by atomic mass is 9.68. The van der Waals surface area contributed by atoms with Crippen molar-refractivity contribution in [2.24, 2.45) is 29.6 Å². The van der Waals surface area contributed by atoms with Gasteiger partial charge in [0.15, 0.2) is 11.5 Å². The Morgan fingerprint density at radius 2 is 1.67 bits per heavy atom. The molecule has 0 spiro atoms. The monoisotopic (exact) mass is 664 g/mol. The predicted octanol–water partition coefficient (Wildman–Crippen LogP) is 6.72. The maximum Gasteiger partial charge on any atom is 0.416 e. The van der Waals surface area contributed by atoms with E-state index in [1.54, 1.807) is 18.9 Å². The van der Waals surface area contributed by atoms with Crippen molar-refractivity contribution >= 4 is 40.6 Å². The maximum absolute atomic E-state index is 14.0. The number of fused-ring (bicyclic) bond motifs is 9. The van der Waals surface area contributed by atoms with Crippen molar-refractivity contribution in [3.8, 4) is 11.5 Å². The summed E-state index contributed by atoms with van der Waals surface area (Å²) in [5, 5.41) is 0.701. The smallest absolute Gasteiger partial charge is 0.416 e. The molecule has 1 saturated heterocycles. The lowest BCUT2D eigenvalue weighted by Gasteiger charge is -2.43. The number of thioether (sulfide) groups is 1. The van der Waals surface area contributed by atoms with E-state index in [1.165, 1.54) is 12.1 Å². The largest absolute Gasteiger partial charge is 0.493 e. The number of methoxy groups -OCH3 is 1. The third kappa shape index (κ3) is 4.51. The first-order valence-corrected chi connectivity index (χ1v) is 16.6. The number of aromatic amines is 1. The summed E-state index contributed by atoms with van der Waals surface area (Å²) < 4.78 is 52.4. The van der Waals surface area contributed by atoms with Crippen molar-refractivity contribution in [1.29, 1.82) is 0 Å². The third-order valence-corrected chi connectivity index (χ3v) is 12.5. The number of nitrogens with zero attached hydrogens (tertiary/aromatic N) is 1. The van der Waals surface area contributed by atoms with Gasteiger partial charge in [-0.1, -0.05) is 53.8 Å². The molecule has 2 aliphatic heterocycles. The Balaban J connectivity index is 1.15. The number of imide groups is 1. The van der Waals surface area contributed by atoms with Crippen LogP contribution < -0.4 is 19.2 Å². The van der Waals surface area contributed by atoms with Crippen LogP contribution in [-0.4, -0.2) is 29.2 Å². The van der Waals surface area contributed by atoms with Crippen LogP contribution in [0.5, 0.6) is 11.5 Å². The minimum atomic E-state index is -4.60. The number of aromatic nitrogens is 1. The molecule has 0 radical (unpaired) electrons. The highest BCUT2D eigenvalue weighted by molar-refractivity contribution is 8.00. The lowest BCUT2D eigenvalue weighted by molar-refractivity contribution is -0.137. The minimum absolute atomic E-state index is 0.0509. The van der Waals surface area contributed by atoms with Gasteiger partial charge in [-0.2, -0.15) is 13.2 Å². The molecular formula is C34H27F3N2O5S2. The molecule has 3 aromatic carbocycles. The average Bonchev–Trinajstić information content (AvgIpc) is 3.78. The zero-order valence-electron chi connectivity index (χ0n) is 24.3. The van der Waals surface area contributed by atoms with Gasteiger partial charge in [-0.3, -0.25) is 19.3 Å². The number of hydrogen-bond acceptors (Lipinski definition) is 7. The number of alkyl halides is 3. The van der Waals surface area contributed by atoms with Gasteiger partial charge in [-0.05, 0) is 65.6 Å². The normalized spacial score (nSPS) is 27.8. The summed E-state index contributed by atoms with van der Waals surface area (Å²) in [6.07, 6.45) is -3.94. The number of amides is 2. The van der Waals surface area contributed by atoms with Gasteiger partial charge in [0.25, 0.3) is 0 Å². The average molecular weight is 665 g/mol. The number of ether oxygens (including phenoxy) is 2. The van der Waals surface area contributed by atoms with Crippen LogP contribution in [-0.2, 0) is 22.4 Å². The van der Waals surface area contributed by atoms with Gasteiger partial charge in [0, 0.05) is 16.0 Å². The molecule has 7 nitrogen and oxygen atoms in total. The molecule has 46 heavy (non-hydrogen) atoms. The number of carbonyl (C=O) groups excluding carboxylic acids is 2. The van der Waals surface area contributed by atoms with Crippen molar-refractivity contribution in [3.05, 3.63) is 104 Å². The lowest BCUT2D eigenvalue weighted by Crippen LogP contribution is -2.42. The molecule has 4 aromatic rings. The Labute approximate surface area is 269 Å². The number of carbonyl (C=O) groups is 2. The standard InChI is InChI=1S/C34H27F3N2O5S2/c1-43-23-12-17(10-11-22(23)44-15-16-6-3-2-4-7-16)24-25-20-14-21(28(25)45-30-29(24)46-33(42)38-30)27-26(20)31(40)39(32(27)41)19-9-5-8-18(13-19)34(35,36)37/h2-13,20-21,24-28H,14-15H2,1H3,(H,38,42)/t20?,21?,24-,25?,26?,27?,28?/m1/s1. The first-order chi connectivity index (χ1) is 22.1. The fourth-order valence-corrected chi connectivity index (χ4v) is 11.1. The molecule has 2 saturated carbocycles. The van der Waals surface area contributed by atoms with Gasteiger partial charge < -0.3 is 14.5 Å². The summed E-state index contributed by atoms with van der Waals surface area (Å²) in [7, 11) is 1.57. The predicted molar refractivity (Wildman–Crippen MR) is 166 cm³/mol. The van der Waals surface area contributed by atoms with Gasteiger partial charge in [-0.25, -0.2) is 0 Å². The number of rotatable bonds is 6. The third-order valence-electron chi connectivity index (χ3n) is 9.94. The van der Waals surface area contributed by atoms with Crippen LogP contribution >= 0.6 is 23.1 Å². The van der Waals surface area contributed by atoms with Gasteiger partial charge in [0.05, 0.1) is 35.2 Å². The Hall–Kier alpha value is -4.03. The topological polar surface area (TPSA) is 88.7 Å². The molecular weight excluding hydrogens is 638 g/mol. The number of anilines is 1. The zero-order valence-corrected chi connectivity index (χ0v) is 26.0. The van der Waals surface area contributed by atoms with E-state index in [1.807, 2.05) is 48.5 Å². The van der Waals surface area contributed by atoms with Gasteiger partial charge >= 0.3 is 11.0 Å².